The first-order valence-corrected chi connectivity index (χ1v) is 6.26. The van der Waals surface area contributed by atoms with Crippen molar-refractivity contribution in [2.75, 3.05) is 13.2 Å². The minimum atomic E-state index is -0.512. The largest absolute Gasteiger partial charge is 0.354 e. The minimum absolute atomic E-state index is 0.0348. The van der Waals surface area contributed by atoms with Crippen LogP contribution in [-0.4, -0.2) is 29.7 Å². The highest BCUT2D eigenvalue weighted by atomic mass is 35.5. The molecule has 1 aliphatic rings. The number of hydrogen-bond donors (Lipinski definition) is 0. The predicted octanol–water partition coefficient (Wildman–Crippen LogP) is 2.95. The Morgan fingerprint density at radius 1 is 1.39 bits per heavy atom. The van der Waals surface area contributed by atoms with Crippen LogP contribution in [0.2, 0.25) is 5.02 Å². The predicted molar refractivity (Wildman–Crippen MR) is 72.2 cm³/mol. The van der Waals surface area contributed by atoms with Crippen molar-refractivity contribution in [3.05, 3.63) is 40.9 Å². The van der Waals surface area contributed by atoms with E-state index in [9.17, 15) is 4.79 Å². The second-order valence-corrected chi connectivity index (χ2v) is 5.11. The van der Waals surface area contributed by atoms with Crippen LogP contribution in [-0.2, 0) is 9.53 Å². The Kier molecular flexibility index (Phi) is 3.73. The molecule has 0 N–H and O–H groups in total. The highest BCUT2D eigenvalue weighted by Gasteiger charge is 2.35. The van der Waals surface area contributed by atoms with Gasteiger partial charge in [0.25, 0.3) is 0 Å². The lowest BCUT2D eigenvalue weighted by molar-refractivity contribution is -0.138. The Hall–Kier alpha value is -1.32. The first-order valence-electron chi connectivity index (χ1n) is 5.88. The Balaban J connectivity index is 2.05. The summed E-state index contributed by atoms with van der Waals surface area (Å²) in [6.07, 6.45) is 3.35. The van der Waals surface area contributed by atoms with E-state index >= 15 is 0 Å². The van der Waals surface area contributed by atoms with Crippen LogP contribution in [0.1, 0.15) is 19.4 Å². The normalized spacial score (nSPS) is 18.5. The fourth-order valence-corrected chi connectivity index (χ4v) is 2.07. The number of benzene rings is 1. The highest BCUT2D eigenvalue weighted by molar-refractivity contribution is 6.30. The molecule has 1 saturated heterocycles. The molecule has 0 saturated carbocycles. The number of carbonyl (C=O) groups is 1. The quantitative estimate of drug-likeness (QED) is 0.770. The standard InChI is InChI=1S/C14H16ClNO2/c1-14(2)16(9-10-18-14)13(17)8-5-11-3-6-12(15)7-4-11/h3-8H,9-10H2,1-2H3. The number of rotatable bonds is 2. The molecule has 0 unspecified atom stereocenters. The van der Waals surface area contributed by atoms with Crippen LogP contribution in [0.25, 0.3) is 6.08 Å². The fraction of sp³-hybridized carbons (Fsp3) is 0.357. The second kappa shape index (κ2) is 5.12. The van der Waals surface area contributed by atoms with Crippen LogP contribution < -0.4 is 0 Å². The van der Waals surface area contributed by atoms with Crippen molar-refractivity contribution >= 4 is 23.6 Å². The molecule has 2 rings (SSSR count). The molecule has 0 aliphatic carbocycles. The summed E-state index contributed by atoms with van der Waals surface area (Å²) in [5.41, 5.74) is 0.437. The SMILES string of the molecule is CC1(C)OCCN1C(=O)C=Cc1ccc(Cl)cc1. The van der Waals surface area contributed by atoms with E-state index in [2.05, 4.69) is 0 Å². The maximum Gasteiger partial charge on any atom is 0.248 e. The van der Waals surface area contributed by atoms with Crippen molar-refractivity contribution < 1.29 is 9.53 Å². The summed E-state index contributed by atoms with van der Waals surface area (Å²) in [7, 11) is 0. The number of ether oxygens (including phenoxy) is 1. The van der Waals surface area contributed by atoms with Gasteiger partial charge in [-0.2, -0.15) is 0 Å². The van der Waals surface area contributed by atoms with E-state index in [1.165, 1.54) is 0 Å². The molecular weight excluding hydrogens is 250 g/mol. The molecule has 18 heavy (non-hydrogen) atoms. The lowest BCUT2D eigenvalue weighted by Gasteiger charge is -2.28. The molecule has 3 nitrogen and oxygen atoms in total. The summed E-state index contributed by atoms with van der Waals surface area (Å²) < 4.78 is 5.50. The molecule has 1 aliphatic heterocycles. The summed E-state index contributed by atoms with van der Waals surface area (Å²) in [4.78, 5) is 13.8. The number of nitrogens with zero attached hydrogens (tertiary/aromatic N) is 1. The summed E-state index contributed by atoms with van der Waals surface area (Å²) in [6, 6.07) is 7.35. The zero-order valence-corrected chi connectivity index (χ0v) is 11.3. The van der Waals surface area contributed by atoms with Gasteiger partial charge in [0, 0.05) is 17.6 Å². The molecule has 0 aromatic heterocycles. The number of hydrogen-bond acceptors (Lipinski definition) is 2. The Bertz CT molecular complexity index is 465. The van der Waals surface area contributed by atoms with E-state index in [0.717, 1.165) is 5.56 Å². The van der Waals surface area contributed by atoms with Gasteiger partial charge in [0.1, 0.15) is 5.72 Å². The Morgan fingerprint density at radius 2 is 2.06 bits per heavy atom. The van der Waals surface area contributed by atoms with Crippen LogP contribution in [0.4, 0.5) is 0 Å². The molecule has 0 atom stereocenters. The van der Waals surface area contributed by atoms with Crippen LogP contribution in [0, 0.1) is 0 Å². The van der Waals surface area contributed by atoms with Crippen molar-refractivity contribution in [1.82, 2.24) is 4.90 Å². The first-order chi connectivity index (χ1) is 8.49. The summed E-state index contributed by atoms with van der Waals surface area (Å²) >= 11 is 5.80. The van der Waals surface area contributed by atoms with E-state index in [1.807, 2.05) is 26.0 Å². The van der Waals surface area contributed by atoms with Crippen LogP contribution >= 0.6 is 11.6 Å². The van der Waals surface area contributed by atoms with Crippen molar-refractivity contribution in [1.29, 1.82) is 0 Å². The van der Waals surface area contributed by atoms with E-state index < -0.39 is 5.72 Å². The van der Waals surface area contributed by atoms with E-state index in [-0.39, 0.29) is 5.91 Å². The highest BCUT2D eigenvalue weighted by Crippen LogP contribution is 2.22. The molecule has 4 heteroatoms. The van der Waals surface area contributed by atoms with Crippen molar-refractivity contribution in [3.63, 3.8) is 0 Å². The summed E-state index contributed by atoms with van der Waals surface area (Å²) in [5.74, 6) is -0.0348. The Morgan fingerprint density at radius 3 is 2.61 bits per heavy atom. The molecule has 1 amide bonds. The third-order valence-electron chi connectivity index (χ3n) is 2.97. The minimum Gasteiger partial charge on any atom is -0.354 e. The zero-order chi connectivity index (χ0) is 13.2. The fourth-order valence-electron chi connectivity index (χ4n) is 1.94. The van der Waals surface area contributed by atoms with Gasteiger partial charge in [0.2, 0.25) is 5.91 Å². The van der Waals surface area contributed by atoms with Crippen LogP contribution in [0.5, 0.6) is 0 Å². The smallest absolute Gasteiger partial charge is 0.248 e. The maximum absolute atomic E-state index is 12.0. The van der Waals surface area contributed by atoms with E-state index in [0.29, 0.717) is 18.2 Å². The molecule has 1 aromatic rings. The van der Waals surface area contributed by atoms with Gasteiger partial charge in [0.15, 0.2) is 0 Å². The van der Waals surface area contributed by atoms with Gasteiger partial charge in [-0.1, -0.05) is 23.7 Å². The third-order valence-corrected chi connectivity index (χ3v) is 3.23. The topological polar surface area (TPSA) is 29.5 Å². The Labute approximate surface area is 112 Å². The van der Waals surface area contributed by atoms with Gasteiger partial charge in [-0.05, 0) is 37.6 Å². The average Bonchev–Trinajstić information content (AvgIpc) is 2.68. The monoisotopic (exact) mass is 265 g/mol. The molecule has 0 spiro atoms. The molecule has 1 heterocycles. The number of halogens is 1. The second-order valence-electron chi connectivity index (χ2n) is 4.67. The lowest BCUT2D eigenvalue weighted by atomic mass is 10.2. The van der Waals surface area contributed by atoms with Gasteiger partial charge in [-0.25, -0.2) is 0 Å². The number of carbonyl (C=O) groups excluding carboxylic acids is 1. The van der Waals surface area contributed by atoms with Gasteiger partial charge in [-0.3, -0.25) is 4.79 Å². The van der Waals surface area contributed by atoms with Crippen LogP contribution in [0.15, 0.2) is 30.3 Å². The molecule has 0 radical (unpaired) electrons. The van der Waals surface area contributed by atoms with Gasteiger partial charge in [-0.15, -0.1) is 0 Å². The molecule has 96 valence electrons. The molecule has 0 bridgehead atoms. The average molecular weight is 266 g/mol. The van der Waals surface area contributed by atoms with Crippen LogP contribution in [0.3, 0.4) is 0 Å². The maximum atomic E-state index is 12.0. The lowest BCUT2D eigenvalue weighted by Crippen LogP contribution is -2.42. The number of amides is 1. The zero-order valence-electron chi connectivity index (χ0n) is 10.5. The van der Waals surface area contributed by atoms with Crippen molar-refractivity contribution in [2.24, 2.45) is 0 Å². The van der Waals surface area contributed by atoms with Crippen molar-refractivity contribution in [2.45, 2.75) is 19.6 Å². The summed E-state index contributed by atoms with van der Waals surface area (Å²) in [5, 5.41) is 0.688. The molecule has 1 fully saturated rings. The van der Waals surface area contributed by atoms with Crippen molar-refractivity contribution in [3.8, 4) is 0 Å². The van der Waals surface area contributed by atoms with Gasteiger partial charge < -0.3 is 9.64 Å². The third kappa shape index (κ3) is 2.92. The summed E-state index contributed by atoms with van der Waals surface area (Å²) in [6.45, 7) is 5.02. The van der Waals surface area contributed by atoms with Gasteiger partial charge in [0.05, 0.1) is 6.61 Å². The van der Waals surface area contributed by atoms with Gasteiger partial charge >= 0.3 is 0 Å². The van der Waals surface area contributed by atoms with E-state index in [4.69, 9.17) is 16.3 Å². The molecule has 1 aromatic carbocycles. The molecular formula is C14H16ClNO2. The van der Waals surface area contributed by atoms with E-state index in [1.54, 1.807) is 29.2 Å². The first kappa shape index (κ1) is 13.1.